The number of carbonyl (C=O) groups excluding carboxylic acids is 1. The maximum absolute atomic E-state index is 11.6. The number of thiazole rings is 1. The van der Waals surface area contributed by atoms with Gasteiger partial charge in [-0.1, -0.05) is 11.3 Å². The molecule has 29 heavy (non-hydrogen) atoms. The van der Waals surface area contributed by atoms with Gasteiger partial charge in [0.05, 0.1) is 13.2 Å². The Balaban J connectivity index is 0.00000240. The Morgan fingerprint density at radius 2 is 1.83 bits per heavy atom. The molecule has 3 aromatic heterocycles. The lowest BCUT2D eigenvalue weighted by molar-refractivity contribution is -0.665. The molecule has 0 aliphatic rings. The number of benzene rings is 1. The predicted molar refractivity (Wildman–Crippen MR) is 117 cm³/mol. The number of nitrogens with zero attached hydrogens (tertiary/aromatic N) is 1. The smallest absolute Gasteiger partial charge is 0.348 e. The number of hydrogen-bond acceptors (Lipinski definition) is 6. The fourth-order valence-corrected chi connectivity index (χ4v) is 5.98. The quantitative estimate of drug-likeness (QED) is 0.234. The summed E-state index contributed by atoms with van der Waals surface area (Å²) in [6.45, 7) is 2.94. The van der Waals surface area contributed by atoms with E-state index < -0.39 is 0 Å². The minimum Gasteiger partial charge on any atom is -1.00 e. The van der Waals surface area contributed by atoms with Crippen LogP contribution in [0.4, 0.5) is 0 Å². The van der Waals surface area contributed by atoms with E-state index in [4.69, 9.17) is 4.74 Å². The van der Waals surface area contributed by atoms with Crippen molar-refractivity contribution in [3.63, 3.8) is 0 Å². The van der Waals surface area contributed by atoms with Gasteiger partial charge in [-0.2, -0.15) is 4.57 Å². The fraction of sp³-hybridized carbons (Fsp3) is 0.143. The predicted octanol–water partition coefficient (Wildman–Crippen LogP) is 2.67. The zero-order chi connectivity index (χ0) is 19.7. The molecule has 0 aliphatic carbocycles. The van der Waals surface area contributed by atoms with Gasteiger partial charge < -0.3 is 33.8 Å². The highest BCUT2D eigenvalue weighted by Crippen LogP contribution is 2.34. The van der Waals surface area contributed by atoms with Crippen LogP contribution in [0, 0.1) is 0 Å². The number of methoxy groups -OCH3 is 1. The van der Waals surface area contributed by atoms with E-state index in [0.29, 0.717) is 4.88 Å². The highest BCUT2D eigenvalue weighted by molar-refractivity contribution is 7.23. The number of phenolic OH excluding ortho intramolecular Hbond substituents is 1. The van der Waals surface area contributed by atoms with E-state index in [1.165, 1.54) is 18.4 Å². The van der Waals surface area contributed by atoms with Gasteiger partial charge in [0.2, 0.25) is 5.52 Å². The number of halogens is 1. The minimum absolute atomic E-state index is 0. The van der Waals surface area contributed by atoms with E-state index >= 15 is 0 Å². The Labute approximate surface area is 197 Å². The van der Waals surface area contributed by atoms with Crippen molar-refractivity contribution in [3.8, 4) is 15.5 Å². The van der Waals surface area contributed by atoms with Crippen molar-refractivity contribution < 1.29 is 43.2 Å². The summed E-state index contributed by atoms with van der Waals surface area (Å²) in [6, 6.07) is 13.4. The van der Waals surface area contributed by atoms with E-state index in [1.807, 2.05) is 18.2 Å². The molecular weight excluding hydrogens is 537 g/mol. The summed E-state index contributed by atoms with van der Waals surface area (Å²) in [5, 5.41) is 10.9. The number of aromatic nitrogens is 1. The molecule has 0 amide bonds. The van der Waals surface area contributed by atoms with Crippen molar-refractivity contribution in [1.29, 1.82) is 0 Å². The maximum atomic E-state index is 11.6. The number of carbonyl (C=O) groups is 1. The van der Waals surface area contributed by atoms with Crippen LogP contribution in [-0.4, -0.2) is 18.2 Å². The highest BCUT2D eigenvalue weighted by atomic mass is 127. The van der Waals surface area contributed by atoms with Gasteiger partial charge in [0.1, 0.15) is 21.9 Å². The first kappa shape index (κ1) is 21.9. The topological polar surface area (TPSA) is 50.4 Å². The number of hydrogen-bond donors (Lipinski definition) is 1. The van der Waals surface area contributed by atoms with Crippen LogP contribution in [0.5, 0.6) is 5.75 Å². The summed E-state index contributed by atoms with van der Waals surface area (Å²) < 4.78 is 8.13. The van der Waals surface area contributed by atoms with Crippen LogP contribution in [0.15, 0.2) is 42.5 Å². The SMILES string of the molecule is CC[n+]1c(/C=C/c2ccc(-c3ccc(C(=O)OC)s3)s2)sc2ccc(O)cc21.[I-]. The summed E-state index contributed by atoms with van der Waals surface area (Å²) in [5.41, 5.74) is 1.05. The number of phenols is 1. The van der Waals surface area contributed by atoms with Gasteiger partial charge >= 0.3 is 5.97 Å². The largest absolute Gasteiger partial charge is 1.00 e. The molecule has 1 N–H and O–H groups in total. The Morgan fingerprint density at radius 3 is 2.59 bits per heavy atom. The fourth-order valence-electron chi connectivity index (χ4n) is 2.95. The van der Waals surface area contributed by atoms with Gasteiger partial charge in [-0.15, -0.1) is 22.7 Å². The van der Waals surface area contributed by atoms with Gasteiger partial charge in [-0.25, -0.2) is 4.79 Å². The second kappa shape index (κ2) is 9.38. The van der Waals surface area contributed by atoms with Crippen molar-refractivity contribution in [2.75, 3.05) is 7.11 Å². The third-order valence-electron chi connectivity index (χ3n) is 4.28. The number of esters is 1. The zero-order valence-electron chi connectivity index (χ0n) is 15.7. The molecule has 8 heteroatoms. The monoisotopic (exact) mass is 555 g/mol. The molecule has 0 bridgehead atoms. The number of fused-ring (bicyclic) bond motifs is 1. The zero-order valence-corrected chi connectivity index (χ0v) is 20.3. The maximum Gasteiger partial charge on any atom is 0.348 e. The molecule has 3 heterocycles. The van der Waals surface area contributed by atoms with Crippen LogP contribution >= 0.6 is 34.0 Å². The first-order chi connectivity index (χ1) is 13.6. The first-order valence-electron chi connectivity index (χ1n) is 8.71. The van der Waals surface area contributed by atoms with Crippen molar-refractivity contribution >= 4 is 62.3 Å². The van der Waals surface area contributed by atoms with Gasteiger partial charge in [0, 0.05) is 20.7 Å². The number of rotatable bonds is 5. The lowest BCUT2D eigenvalue weighted by atomic mass is 10.3. The van der Waals surface area contributed by atoms with Crippen LogP contribution in [0.3, 0.4) is 0 Å². The van der Waals surface area contributed by atoms with E-state index in [0.717, 1.165) is 36.4 Å². The van der Waals surface area contributed by atoms with E-state index in [-0.39, 0.29) is 35.7 Å². The third kappa shape index (κ3) is 4.55. The molecule has 4 aromatic rings. The van der Waals surface area contributed by atoms with Gasteiger partial charge in [0.15, 0.2) is 0 Å². The molecule has 0 saturated heterocycles. The lowest BCUT2D eigenvalue weighted by Gasteiger charge is -1.93. The molecule has 0 radical (unpaired) electrons. The van der Waals surface area contributed by atoms with Gasteiger partial charge in [-0.05, 0) is 49.4 Å². The van der Waals surface area contributed by atoms with Crippen molar-refractivity contribution in [2.24, 2.45) is 0 Å². The van der Waals surface area contributed by atoms with Crippen molar-refractivity contribution in [2.45, 2.75) is 13.5 Å². The molecular formula is C21H18INO3S3. The molecule has 0 aliphatic heterocycles. The van der Waals surface area contributed by atoms with Crippen LogP contribution in [0.25, 0.3) is 32.1 Å². The van der Waals surface area contributed by atoms with Crippen LogP contribution in [-0.2, 0) is 11.3 Å². The summed E-state index contributed by atoms with van der Waals surface area (Å²) in [6.07, 6.45) is 4.23. The highest BCUT2D eigenvalue weighted by Gasteiger charge is 2.17. The molecule has 1 aromatic carbocycles. The molecule has 4 rings (SSSR count). The molecule has 0 saturated carbocycles. The Kier molecular flexibility index (Phi) is 7.10. The Bertz CT molecular complexity index is 1190. The number of thiophene rings is 2. The molecule has 0 fully saturated rings. The molecule has 0 unspecified atom stereocenters. The Hall–Kier alpha value is -1.75. The Morgan fingerprint density at radius 1 is 1.07 bits per heavy atom. The standard InChI is InChI=1S/C21H17NO3S3.HI/c1-3-22-15-12-13(23)4-7-16(15)28-20(22)11-6-14-5-8-17(26-14)18-9-10-19(27-18)21(24)25-2;/h4-12H,3H2,1-2H3;1H/b11-6+;. The van der Waals surface area contributed by atoms with Gasteiger partial charge in [0.25, 0.3) is 5.01 Å². The van der Waals surface area contributed by atoms with Crippen LogP contribution in [0.1, 0.15) is 26.5 Å². The number of aromatic hydroxyl groups is 1. The molecule has 150 valence electrons. The average molecular weight is 555 g/mol. The van der Waals surface area contributed by atoms with Crippen LogP contribution < -0.4 is 28.5 Å². The average Bonchev–Trinajstić information content (AvgIpc) is 3.42. The summed E-state index contributed by atoms with van der Waals surface area (Å²) in [7, 11) is 1.40. The minimum atomic E-state index is -0.298. The second-order valence-electron chi connectivity index (χ2n) is 6.03. The summed E-state index contributed by atoms with van der Waals surface area (Å²) >= 11 is 4.84. The third-order valence-corrected chi connectivity index (χ3v) is 7.72. The molecule has 0 spiro atoms. The van der Waals surface area contributed by atoms with E-state index in [9.17, 15) is 9.90 Å². The summed E-state index contributed by atoms with van der Waals surface area (Å²) in [5.74, 6) is -0.0129. The van der Waals surface area contributed by atoms with Gasteiger partial charge in [-0.3, -0.25) is 0 Å². The lowest BCUT2D eigenvalue weighted by Crippen LogP contribution is -3.00. The number of ether oxygens (including phenoxy) is 1. The van der Waals surface area contributed by atoms with Crippen molar-refractivity contribution in [1.82, 2.24) is 0 Å². The molecule has 0 atom stereocenters. The van der Waals surface area contributed by atoms with Crippen molar-refractivity contribution in [3.05, 3.63) is 57.2 Å². The normalized spacial score (nSPS) is 11.1. The van der Waals surface area contributed by atoms with Crippen LogP contribution in [0.2, 0.25) is 0 Å². The number of aryl methyl sites for hydroxylation is 1. The summed E-state index contributed by atoms with van der Waals surface area (Å²) in [4.78, 5) is 15.6. The second-order valence-corrected chi connectivity index (χ2v) is 9.29. The van der Waals surface area contributed by atoms with E-state index in [1.54, 1.807) is 34.8 Å². The first-order valence-corrected chi connectivity index (χ1v) is 11.2. The molecule has 4 nitrogen and oxygen atoms in total. The van der Waals surface area contributed by atoms with E-state index in [2.05, 4.69) is 35.8 Å².